The Labute approximate surface area is 152 Å². The summed E-state index contributed by atoms with van der Waals surface area (Å²) in [5, 5.41) is 2.80. The van der Waals surface area contributed by atoms with E-state index in [-0.39, 0.29) is 11.8 Å². The molecule has 1 heterocycles. The van der Waals surface area contributed by atoms with Crippen LogP contribution in [-0.2, 0) is 4.79 Å². The van der Waals surface area contributed by atoms with E-state index in [9.17, 15) is 9.59 Å². The van der Waals surface area contributed by atoms with Crippen molar-refractivity contribution in [1.82, 2.24) is 15.1 Å². The van der Waals surface area contributed by atoms with Gasteiger partial charge < -0.3 is 10.2 Å². The average molecular weight is 396 g/mol. The maximum atomic E-state index is 12.5. The summed E-state index contributed by atoms with van der Waals surface area (Å²) in [6.45, 7) is 10.5. The summed E-state index contributed by atoms with van der Waals surface area (Å²) >= 11 is 3.34. The summed E-state index contributed by atoms with van der Waals surface area (Å²) in [7, 11) is 0. The van der Waals surface area contributed by atoms with Gasteiger partial charge >= 0.3 is 0 Å². The number of piperazine rings is 1. The molecule has 0 unspecified atom stereocenters. The molecule has 0 spiro atoms. The van der Waals surface area contributed by atoms with Crippen molar-refractivity contribution in [3.8, 4) is 0 Å². The maximum absolute atomic E-state index is 12.5. The number of carbonyl (C=O) groups is 2. The molecule has 1 aliphatic rings. The van der Waals surface area contributed by atoms with E-state index in [1.807, 2.05) is 17.0 Å². The van der Waals surface area contributed by atoms with Gasteiger partial charge in [-0.15, -0.1) is 0 Å². The van der Waals surface area contributed by atoms with Crippen LogP contribution in [-0.4, -0.2) is 60.4 Å². The van der Waals surface area contributed by atoms with Crippen LogP contribution in [0.3, 0.4) is 0 Å². The fraction of sp³-hybridized carbons (Fsp3) is 0.556. The fourth-order valence-electron chi connectivity index (χ4n) is 2.88. The Morgan fingerprint density at radius 2 is 1.67 bits per heavy atom. The Bertz CT molecular complexity index is 566. The quantitative estimate of drug-likeness (QED) is 0.832. The van der Waals surface area contributed by atoms with E-state index in [2.05, 4.69) is 40.0 Å². The second kappa shape index (κ2) is 8.62. The third-order valence-corrected chi connectivity index (χ3v) is 4.66. The van der Waals surface area contributed by atoms with Crippen LogP contribution in [0, 0.1) is 5.92 Å². The second-order valence-corrected chi connectivity index (χ2v) is 7.64. The Balaban J connectivity index is 1.84. The molecule has 1 N–H and O–H groups in total. The smallest absolute Gasteiger partial charge is 0.251 e. The number of benzene rings is 1. The molecule has 1 saturated heterocycles. The van der Waals surface area contributed by atoms with Crippen LogP contribution in [0.2, 0.25) is 0 Å². The van der Waals surface area contributed by atoms with E-state index in [4.69, 9.17) is 0 Å². The topological polar surface area (TPSA) is 52.6 Å². The number of carbonyl (C=O) groups excluding carboxylic acids is 2. The van der Waals surface area contributed by atoms with Crippen molar-refractivity contribution in [1.29, 1.82) is 0 Å². The van der Waals surface area contributed by atoms with Crippen molar-refractivity contribution in [3.05, 3.63) is 34.3 Å². The van der Waals surface area contributed by atoms with E-state index in [0.717, 1.165) is 37.2 Å². The molecule has 2 amide bonds. The molecule has 2 rings (SSSR count). The Hall–Kier alpha value is -1.40. The van der Waals surface area contributed by atoms with Gasteiger partial charge in [-0.2, -0.15) is 0 Å². The number of nitrogens with one attached hydrogen (secondary N) is 1. The lowest BCUT2D eigenvalue weighted by Crippen LogP contribution is -2.54. The SMILES string of the molecule is CC(C)CN1CCN(C(=O)[C@H](C)NC(=O)c2ccc(Br)cc2)CC1. The van der Waals surface area contributed by atoms with Gasteiger partial charge in [0.05, 0.1) is 0 Å². The van der Waals surface area contributed by atoms with E-state index in [1.54, 1.807) is 19.1 Å². The number of amides is 2. The van der Waals surface area contributed by atoms with Gasteiger partial charge in [0.25, 0.3) is 5.91 Å². The van der Waals surface area contributed by atoms with Crippen molar-refractivity contribution >= 4 is 27.7 Å². The predicted molar refractivity (Wildman–Crippen MR) is 98.9 cm³/mol. The summed E-state index contributed by atoms with van der Waals surface area (Å²) in [4.78, 5) is 29.0. The highest BCUT2D eigenvalue weighted by Gasteiger charge is 2.26. The third kappa shape index (κ3) is 5.31. The van der Waals surface area contributed by atoms with Gasteiger partial charge in [-0.25, -0.2) is 0 Å². The lowest BCUT2D eigenvalue weighted by atomic mass is 10.1. The van der Waals surface area contributed by atoms with Crippen molar-refractivity contribution in [2.45, 2.75) is 26.8 Å². The molecule has 0 aliphatic carbocycles. The summed E-state index contributed by atoms with van der Waals surface area (Å²) in [6, 6.07) is 6.59. The molecule has 1 aliphatic heterocycles. The molecule has 1 fully saturated rings. The van der Waals surface area contributed by atoms with Gasteiger partial charge in [-0.1, -0.05) is 29.8 Å². The zero-order valence-corrected chi connectivity index (χ0v) is 16.2. The second-order valence-electron chi connectivity index (χ2n) is 6.72. The molecule has 0 saturated carbocycles. The average Bonchev–Trinajstić information content (AvgIpc) is 2.54. The van der Waals surface area contributed by atoms with Gasteiger partial charge in [-0.05, 0) is 37.1 Å². The minimum absolute atomic E-state index is 0.00958. The van der Waals surface area contributed by atoms with E-state index in [0.29, 0.717) is 11.5 Å². The highest BCUT2D eigenvalue weighted by atomic mass is 79.9. The van der Waals surface area contributed by atoms with E-state index >= 15 is 0 Å². The van der Waals surface area contributed by atoms with Crippen LogP contribution < -0.4 is 5.32 Å². The van der Waals surface area contributed by atoms with Crippen LogP contribution in [0.25, 0.3) is 0 Å². The first-order valence-corrected chi connectivity index (χ1v) is 9.23. The highest BCUT2D eigenvalue weighted by molar-refractivity contribution is 9.10. The molecule has 0 aromatic heterocycles. The van der Waals surface area contributed by atoms with Crippen LogP contribution >= 0.6 is 15.9 Å². The standard InChI is InChI=1S/C18H26BrN3O2/c1-13(2)12-21-8-10-22(11-9-21)18(24)14(3)20-17(23)15-4-6-16(19)7-5-15/h4-7,13-14H,8-12H2,1-3H3,(H,20,23)/t14-/m0/s1. The van der Waals surface area contributed by atoms with Gasteiger partial charge in [0, 0.05) is 42.8 Å². The summed E-state index contributed by atoms with van der Waals surface area (Å²) in [5.74, 6) is 0.405. The molecular formula is C18H26BrN3O2. The van der Waals surface area contributed by atoms with Crippen molar-refractivity contribution in [3.63, 3.8) is 0 Å². The number of hydrogen-bond acceptors (Lipinski definition) is 3. The molecule has 6 heteroatoms. The van der Waals surface area contributed by atoms with Gasteiger partial charge in [0.2, 0.25) is 5.91 Å². The highest BCUT2D eigenvalue weighted by Crippen LogP contribution is 2.11. The molecule has 0 bridgehead atoms. The molecular weight excluding hydrogens is 370 g/mol. The van der Waals surface area contributed by atoms with Crippen LogP contribution in [0.1, 0.15) is 31.1 Å². The van der Waals surface area contributed by atoms with Crippen LogP contribution in [0.5, 0.6) is 0 Å². The molecule has 5 nitrogen and oxygen atoms in total. The predicted octanol–water partition coefficient (Wildman–Crippen LogP) is 2.37. The molecule has 24 heavy (non-hydrogen) atoms. The zero-order chi connectivity index (χ0) is 17.7. The molecule has 1 aromatic rings. The van der Waals surface area contributed by atoms with Crippen molar-refractivity contribution in [2.24, 2.45) is 5.92 Å². The summed E-state index contributed by atoms with van der Waals surface area (Å²) in [6.07, 6.45) is 0. The minimum Gasteiger partial charge on any atom is -0.341 e. The first kappa shape index (κ1) is 18.9. The molecule has 132 valence electrons. The lowest BCUT2D eigenvalue weighted by Gasteiger charge is -2.36. The zero-order valence-electron chi connectivity index (χ0n) is 14.6. The summed E-state index contributed by atoms with van der Waals surface area (Å²) in [5.41, 5.74) is 0.555. The number of rotatable bonds is 5. The maximum Gasteiger partial charge on any atom is 0.251 e. The Morgan fingerprint density at radius 1 is 1.08 bits per heavy atom. The number of halogens is 1. The molecule has 1 aromatic carbocycles. The number of hydrogen-bond donors (Lipinski definition) is 1. The summed E-state index contributed by atoms with van der Waals surface area (Å²) < 4.78 is 0.919. The van der Waals surface area contributed by atoms with Crippen LogP contribution in [0.4, 0.5) is 0 Å². The monoisotopic (exact) mass is 395 g/mol. The van der Waals surface area contributed by atoms with Gasteiger partial charge in [-0.3, -0.25) is 14.5 Å². The Morgan fingerprint density at radius 3 is 2.21 bits per heavy atom. The lowest BCUT2D eigenvalue weighted by molar-refractivity contribution is -0.134. The normalized spacial score (nSPS) is 17.0. The molecule has 0 radical (unpaired) electrons. The van der Waals surface area contributed by atoms with Crippen molar-refractivity contribution in [2.75, 3.05) is 32.7 Å². The molecule has 1 atom stereocenters. The minimum atomic E-state index is -0.516. The Kier molecular flexibility index (Phi) is 6.80. The first-order valence-electron chi connectivity index (χ1n) is 8.44. The first-order chi connectivity index (χ1) is 11.4. The van der Waals surface area contributed by atoms with Gasteiger partial charge in [0.1, 0.15) is 6.04 Å². The largest absolute Gasteiger partial charge is 0.341 e. The third-order valence-electron chi connectivity index (χ3n) is 4.13. The fourth-order valence-corrected chi connectivity index (χ4v) is 3.15. The van der Waals surface area contributed by atoms with E-state index < -0.39 is 6.04 Å². The van der Waals surface area contributed by atoms with Gasteiger partial charge in [0.15, 0.2) is 0 Å². The van der Waals surface area contributed by atoms with Crippen LogP contribution in [0.15, 0.2) is 28.7 Å². The van der Waals surface area contributed by atoms with E-state index in [1.165, 1.54) is 0 Å². The number of nitrogens with zero attached hydrogens (tertiary/aromatic N) is 2. The van der Waals surface area contributed by atoms with Crippen molar-refractivity contribution < 1.29 is 9.59 Å².